The van der Waals surface area contributed by atoms with Crippen LogP contribution in [0.4, 0.5) is 0 Å². The number of aromatic amines is 1. The molecule has 1 aliphatic heterocycles. The Labute approximate surface area is 136 Å². The maximum atomic E-state index is 10.1. The average Bonchev–Trinajstić information content (AvgIpc) is 3.15. The van der Waals surface area contributed by atoms with Crippen LogP contribution >= 0.6 is 12.2 Å². The van der Waals surface area contributed by atoms with E-state index in [1.807, 2.05) is 28.8 Å². The molecule has 23 heavy (non-hydrogen) atoms. The van der Waals surface area contributed by atoms with E-state index in [0.717, 1.165) is 17.1 Å². The number of rotatable bonds is 3. The van der Waals surface area contributed by atoms with Crippen LogP contribution in [0, 0.1) is 4.77 Å². The first-order valence-corrected chi connectivity index (χ1v) is 7.45. The number of aromatic nitrogens is 3. The van der Waals surface area contributed by atoms with Crippen LogP contribution in [-0.4, -0.2) is 26.7 Å². The first-order valence-electron chi connectivity index (χ1n) is 7.04. The lowest BCUT2D eigenvalue weighted by molar-refractivity contribution is 0.174. The Balaban J connectivity index is 1.74. The Hall–Kier alpha value is -2.80. The summed E-state index contributed by atoms with van der Waals surface area (Å²) in [5, 5.41) is 17.1. The van der Waals surface area contributed by atoms with Gasteiger partial charge in [-0.25, -0.2) is 0 Å². The first-order chi connectivity index (χ1) is 11.2. The number of para-hydroxylation sites is 1. The number of aromatic hydroxyl groups is 1. The first kappa shape index (κ1) is 13.8. The van der Waals surface area contributed by atoms with Gasteiger partial charge in [0, 0.05) is 0 Å². The van der Waals surface area contributed by atoms with Crippen molar-refractivity contribution in [2.75, 3.05) is 6.79 Å². The Morgan fingerprint density at radius 2 is 2.00 bits per heavy atom. The fourth-order valence-electron chi connectivity index (χ4n) is 2.55. The third-order valence-electron chi connectivity index (χ3n) is 3.68. The van der Waals surface area contributed by atoms with Gasteiger partial charge in [-0.05, 0) is 42.0 Å². The molecule has 0 bridgehead atoms. The second-order valence-corrected chi connectivity index (χ2v) is 5.53. The highest BCUT2D eigenvalue weighted by Crippen LogP contribution is 2.33. The van der Waals surface area contributed by atoms with Crippen molar-refractivity contribution in [1.82, 2.24) is 14.8 Å². The molecule has 0 aliphatic carbocycles. The van der Waals surface area contributed by atoms with E-state index in [4.69, 9.17) is 21.7 Å². The maximum Gasteiger partial charge on any atom is 0.231 e. The summed E-state index contributed by atoms with van der Waals surface area (Å²) in [7, 11) is 0. The number of fused-ring (bicyclic) bond motifs is 1. The summed E-state index contributed by atoms with van der Waals surface area (Å²) < 4.78 is 13.0. The molecule has 0 radical (unpaired) electrons. The molecule has 0 saturated heterocycles. The zero-order valence-electron chi connectivity index (χ0n) is 12.0. The van der Waals surface area contributed by atoms with Gasteiger partial charge in [0.05, 0.1) is 12.1 Å². The molecule has 0 unspecified atom stereocenters. The lowest BCUT2D eigenvalue weighted by atomic mass is 10.1. The Morgan fingerprint density at radius 3 is 2.87 bits per heavy atom. The van der Waals surface area contributed by atoms with Crippen LogP contribution in [-0.2, 0) is 6.54 Å². The lowest BCUT2D eigenvalue weighted by Crippen LogP contribution is -2.02. The van der Waals surface area contributed by atoms with Gasteiger partial charge in [-0.2, -0.15) is 5.10 Å². The number of nitrogens with zero attached hydrogens (tertiary/aromatic N) is 2. The van der Waals surface area contributed by atoms with Crippen molar-refractivity contribution in [3.8, 4) is 28.6 Å². The number of hydrogen-bond acceptors (Lipinski definition) is 5. The summed E-state index contributed by atoms with van der Waals surface area (Å²) in [6, 6.07) is 12.8. The molecule has 0 fully saturated rings. The Kier molecular flexibility index (Phi) is 3.27. The zero-order chi connectivity index (χ0) is 15.8. The van der Waals surface area contributed by atoms with Gasteiger partial charge in [0.25, 0.3) is 0 Å². The minimum absolute atomic E-state index is 0.161. The number of phenolic OH excluding ortho intramolecular Hbond substituents is 1. The van der Waals surface area contributed by atoms with Gasteiger partial charge in [-0.15, -0.1) is 0 Å². The molecule has 2 aromatic carbocycles. The van der Waals surface area contributed by atoms with Crippen LogP contribution in [0.2, 0.25) is 0 Å². The summed E-state index contributed by atoms with van der Waals surface area (Å²) >= 11 is 5.32. The average molecular weight is 327 g/mol. The molecule has 0 atom stereocenters. The second kappa shape index (κ2) is 5.44. The highest BCUT2D eigenvalue weighted by atomic mass is 32.1. The molecule has 116 valence electrons. The van der Waals surface area contributed by atoms with Crippen molar-refractivity contribution in [2.24, 2.45) is 0 Å². The number of hydrogen-bond donors (Lipinski definition) is 2. The summed E-state index contributed by atoms with van der Waals surface area (Å²) in [5.74, 6) is 2.21. The highest BCUT2D eigenvalue weighted by molar-refractivity contribution is 7.71. The summed E-state index contributed by atoms with van der Waals surface area (Å²) in [6.07, 6.45) is 0. The van der Waals surface area contributed by atoms with Crippen LogP contribution in [0.1, 0.15) is 5.56 Å². The third-order valence-corrected chi connectivity index (χ3v) is 3.99. The molecule has 2 N–H and O–H groups in total. The standard InChI is InChI=1S/C16H13N3O3S/c20-12-4-2-1-3-11(12)15-17-18-16(23)19(15)8-10-5-6-13-14(7-10)22-9-21-13/h1-7,20H,8-9H2,(H,18,23). The SMILES string of the molecule is Oc1ccccc1-c1n[nH]c(=S)n1Cc1ccc2c(c1)OCO2. The predicted molar refractivity (Wildman–Crippen MR) is 86.2 cm³/mol. The number of ether oxygens (including phenoxy) is 2. The summed E-state index contributed by atoms with van der Waals surface area (Å²) in [5.41, 5.74) is 1.63. The predicted octanol–water partition coefficient (Wildman–Crippen LogP) is 3.09. The maximum absolute atomic E-state index is 10.1. The molecule has 0 saturated carbocycles. The van der Waals surface area contributed by atoms with Gasteiger partial charge >= 0.3 is 0 Å². The van der Waals surface area contributed by atoms with Gasteiger partial charge in [0.2, 0.25) is 6.79 Å². The van der Waals surface area contributed by atoms with Gasteiger partial charge in [-0.1, -0.05) is 18.2 Å². The van der Waals surface area contributed by atoms with Gasteiger partial charge in [0.15, 0.2) is 22.1 Å². The minimum Gasteiger partial charge on any atom is -0.507 e. The van der Waals surface area contributed by atoms with Crippen LogP contribution < -0.4 is 9.47 Å². The van der Waals surface area contributed by atoms with E-state index in [1.54, 1.807) is 18.2 Å². The van der Waals surface area contributed by atoms with E-state index < -0.39 is 0 Å². The zero-order valence-corrected chi connectivity index (χ0v) is 12.8. The molecule has 3 aromatic rings. The molecule has 4 rings (SSSR count). The largest absolute Gasteiger partial charge is 0.507 e. The molecular weight excluding hydrogens is 314 g/mol. The van der Waals surface area contributed by atoms with Gasteiger partial charge in [-0.3, -0.25) is 9.67 Å². The van der Waals surface area contributed by atoms with Crippen LogP contribution in [0.3, 0.4) is 0 Å². The monoisotopic (exact) mass is 327 g/mol. The molecular formula is C16H13N3O3S. The van der Waals surface area contributed by atoms with Crippen LogP contribution in [0.5, 0.6) is 17.2 Å². The number of phenols is 1. The molecule has 7 heteroatoms. The minimum atomic E-state index is 0.161. The number of nitrogens with one attached hydrogen (secondary N) is 1. The fourth-order valence-corrected chi connectivity index (χ4v) is 2.75. The van der Waals surface area contributed by atoms with Gasteiger partial charge in [0.1, 0.15) is 5.75 Å². The van der Waals surface area contributed by atoms with E-state index in [0.29, 0.717) is 22.7 Å². The fraction of sp³-hybridized carbons (Fsp3) is 0.125. The smallest absolute Gasteiger partial charge is 0.231 e. The van der Waals surface area contributed by atoms with E-state index in [1.165, 1.54) is 0 Å². The third kappa shape index (κ3) is 2.44. The summed E-state index contributed by atoms with van der Waals surface area (Å²) in [4.78, 5) is 0. The van der Waals surface area contributed by atoms with Crippen molar-refractivity contribution in [3.05, 3.63) is 52.8 Å². The van der Waals surface area contributed by atoms with Crippen molar-refractivity contribution < 1.29 is 14.6 Å². The van der Waals surface area contributed by atoms with Crippen LogP contribution in [0.25, 0.3) is 11.4 Å². The quantitative estimate of drug-likeness (QED) is 0.723. The molecule has 0 amide bonds. The van der Waals surface area contributed by atoms with E-state index in [2.05, 4.69) is 10.2 Å². The molecule has 1 aromatic heterocycles. The Morgan fingerprint density at radius 1 is 1.17 bits per heavy atom. The van der Waals surface area contributed by atoms with E-state index in [9.17, 15) is 5.11 Å². The topological polar surface area (TPSA) is 72.3 Å². The van der Waals surface area contributed by atoms with Crippen molar-refractivity contribution in [3.63, 3.8) is 0 Å². The second-order valence-electron chi connectivity index (χ2n) is 5.14. The number of H-pyrrole nitrogens is 1. The summed E-state index contributed by atoms with van der Waals surface area (Å²) in [6.45, 7) is 0.753. The molecule has 6 nitrogen and oxygen atoms in total. The van der Waals surface area contributed by atoms with Crippen molar-refractivity contribution in [2.45, 2.75) is 6.54 Å². The van der Waals surface area contributed by atoms with Crippen molar-refractivity contribution in [1.29, 1.82) is 0 Å². The van der Waals surface area contributed by atoms with E-state index in [-0.39, 0.29) is 12.5 Å². The molecule has 0 spiro atoms. The lowest BCUT2D eigenvalue weighted by Gasteiger charge is -2.09. The highest BCUT2D eigenvalue weighted by Gasteiger charge is 2.16. The molecule has 1 aliphatic rings. The molecule has 2 heterocycles. The van der Waals surface area contributed by atoms with E-state index >= 15 is 0 Å². The van der Waals surface area contributed by atoms with Crippen LogP contribution in [0.15, 0.2) is 42.5 Å². The normalized spacial score (nSPS) is 12.5. The Bertz CT molecular complexity index is 932. The van der Waals surface area contributed by atoms with Gasteiger partial charge < -0.3 is 14.6 Å². The van der Waals surface area contributed by atoms with Crippen molar-refractivity contribution >= 4 is 12.2 Å². The number of benzene rings is 2.